The first-order valence-electron chi connectivity index (χ1n) is 12.7. The molecular weight excluding hydrogens is 528 g/mol. The second-order valence-electron chi connectivity index (χ2n) is 9.40. The molecule has 2 nitrogen and oxygen atoms in total. The molecular formula is C35H23BrN2. The van der Waals surface area contributed by atoms with Gasteiger partial charge in [0.05, 0.1) is 11.0 Å². The Morgan fingerprint density at radius 2 is 1.05 bits per heavy atom. The number of hydrogen-bond acceptors (Lipinski definition) is 1. The van der Waals surface area contributed by atoms with Crippen LogP contribution in [-0.4, -0.2) is 9.55 Å². The zero-order valence-corrected chi connectivity index (χ0v) is 22.1. The Morgan fingerprint density at radius 3 is 1.71 bits per heavy atom. The first-order valence-corrected chi connectivity index (χ1v) is 13.5. The van der Waals surface area contributed by atoms with E-state index in [-0.39, 0.29) is 0 Å². The van der Waals surface area contributed by atoms with Crippen molar-refractivity contribution in [2.24, 2.45) is 0 Å². The van der Waals surface area contributed by atoms with Crippen LogP contribution in [0.4, 0.5) is 0 Å². The van der Waals surface area contributed by atoms with E-state index in [1.807, 2.05) is 6.07 Å². The van der Waals surface area contributed by atoms with Crippen LogP contribution < -0.4 is 0 Å². The Morgan fingerprint density at radius 1 is 0.526 bits per heavy atom. The predicted octanol–water partition coefficient (Wildman–Crippen LogP) is 9.93. The highest BCUT2D eigenvalue weighted by Crippen LogP contribution is 2.39. The van der Waals surface area contributed by atoms with Crippen LogP contribution in [0.2, 0.25) is 0 Å². The molecule has 0 aliphatic heterocycles. The Balaban J connectivity index is 1.46. The molecule has 0 radical (unpaired) electrons. The number of aromatic nitrogens is 2. The number of nitrogens with zero attached hydrogens (tertiary/aromatic N) is 2. The summed E-state index contributed by atoms with van der Waals surface area (Å²) in [6.45, 7) is 0. The van der Waals surface area contributed by atoms with Gasteiger partial charge in [-0.05, 0) is 46.2 Å². The zero-order valence-electron chi connectivity index (χ0n) is 20.6. The molecule has 3 heteroatoms. The second kappa shape index (κ2) is 9.44. The lowest BCUT2D eigenvalue weighted by Crippen LogP contribution is -1.98. The average Bonchev–Trinajstić information content (AvgIpc) is 3.39. The highest BCUT2D eigenvalue weighted by atomic mass is 79.9. The van der Waals surface area contributed by atoms with Crippen molar-refractivity contribution in [1.29, 1.82) is 0 Å². The van der Waals surface area contributed by atoms with Crippen LogP contribution in [0.15, 0.2) is 132 Å². The summed E-state index contributed by atoms with van der Waals surface area (Å²) >= 11 is 3.50. The van der Waals surface area contributed by atoms with E-state index in [0.717, 1.165) is 38.1 Å². The molecule has 0 bridgehead atoms. The summed E-state index contributed by atoms with van der Waals surface area (Å²) in [7, 11) is 0. The SMILES string of the molecule is Brc1ccc(C=Cc2ccc(-n3c(-c4ccccc4)nc4c5ccccc5c5ccccc5c43)cc2)cc1. The van der Waals surface area contributed by atoms with E-state index < -0.39 is 0 Å². The van der Waals surface area contributed by atoms with E-state index in [4.69, 9.17) is 4.98 Å². The fraction of sp³-hybridized carbons (Fsp3) is 0. The predicted molar refractivity (Wildman–Crippen MR) is 165 cm³/mol. The number of hydrogen-bond donors (Lipinski definition) is 0. The van der Waals surface area contributed by atoms with Gasteiger partial charge in [0, 0.05) is 26.5 Å². The number of halogens is 1. The minimum atomic E-state index is 0.945. The third-order valence-corrected chi connectivity index (χ3v) is 7.58. The first kappa shape index (κ1) is 22.7. The van der Waals surface area contributed by atoms with Crippen molar-refractivity contribution >= 4 is 60.7 Å². The number of rotatable bonds is 4. The van der Waals surface area contributed by atoms with E-state index in [9.17, 15) is 0 Å². The van der Waals surface area contributed by atoms with Gasteiger partial charge in [0.1, 0.15) is 5.82 Å². The largest absolute Gasteiger partial charge is 0.292 e. The summed E-state index contributed by atoms with van der Waals surface area (Å²) in [5.74, 6) is 0.945. The molecule has 180 valence electrons. The Kier molecular flexibility index (Phi) is 5.64. The van der Waals surface area contributed by atoms with Gasteiger partial charge in [-0.15, -0.1) is 0 Å². The van der Waals surface area contributed by atoms with Gasteiger partial charge in [-0.1, -0.05) is 131 Å². The molecule has 0 atom stereocenters. The fourth-order valence-corrected chi connectivity index (χ4v) is 5.50. The van der Waals surface area contributed by atoms with Crippen LogP contribution in [-0.2, 0) is 0 Å². The van der Waals surface area contributed by atoms with Gasteiger partial charge in [-0.3, -0.25) is 4.57 Å². The lowest BCUT2D eigenvalue weighted by molar-refractivity contribution is 1.11. The summed E-state index contributed by atoms with van der Waals surface area (Å²) in [5, 5.41) is 4.85. The van der Waals surface area contributed by atoms with Gasteiger partial charge in [0.2, 0.25) is 0 Å². The van der Waals surface area contributed by atoms with Crippen LogP contribution in [0, 0.1) is 0 Å². The molecule has 1 aromatic heterocycles. The molecule has 0 amide bonds. The molecule has 7 aromatic rings. The van der Waals surface area contributed by atoms with Gasteiger partial charge in [0.25, 0.3) is 0 Å². The lowest BCUT2D eigenvalue weighted by Gasteiger charge is -2.13. The van der Waals surface area contributed by atoms with Gasteiger partial charge >= 0.3 is 0 Å². The van der Waals surface area contributed by atoms with Crippen LogP contribution in [0.3, 0.4) is 0 Å². The van der Waals surface area contributed by atoms with Crippen molar-refractivity contribution in [2.75, 3.05) is 0 Å². The van der Waals surface area contributed by atoms with E-state index in [0.29, 0.717) is 0 Å². The number of benzene rings is 6. The molecule has 0 saturated carbocycles. The van der Waals surface area contributed by atoms with Crippen molar-refractivity contribution in [2.45, 2.75) is 0 Å². The molecule has 0 spiro atoms. The normalized spacial score (nSPS) is 11.7. The molecule has 38 heavy (non-hydrogen) atoms. The summed E-state index contributed by atoms with van der Waals surface area (Å²) in [6, 6.07) is 44.8. The van der Waals surface area contributed by atoms with E-state index in [2.05, 4.69) is 154 Å². The van der Waals surface area contributed by atoms with E-state index in [1.165, 1.54) is 27.1 Å². The molecule has 1 heterocycles. The Labute approximate surface area is 229 Å². The van der Waals surface area contributed by atoms with Gasteiger partial charge in [-0.25, -0.2) is 4.98 Å². The standard InChI is InChI=1S/C35H23BrN2/c36-27-20-16-24(17-21-27)14-15-25-18-22-28(23-19-25)38-34-32-13-7-5-11-30(32)29-10-4-6-12-31(29)33(34)37-35(38)26-8-2-1-3-9-26/h1-23H. The first-order chi connectivity index (χ1) is 18.8. The van der Waals surface area contributed by atoms with Gasteiger partial charge in [-0.2, -0.15) is 0 Å². The molecule has 0 unspecified atom stereocenters. The topological polar surface area (TPSA) is 17.8 Å². The molecule has 0 N–H and O–H groups in total. The molecule has 7 rings (SSSR count). The van der Waals surface area contributed by atoms with Crippen molar-refractivity contribution in [3.8, 4) is 17.1 Å². The summed E-state index contributed by atoms with van der Waals surface area (Å²) < 4.78 is 3.41. The zero-order chi connectivity index (χ0) is 25.5. The van der Waals surface area contributed by atoms with Crippen molar-refractivity contribution < 1.29 is 0 Å². The third-order valence-electron chi connectivity index (χ3n) is 7.05. The van der Waals surface area contributed by atoms with Crippen LogP contribution in [0.1, 0.15) is 11.1 Å². The smallest absolute Gasteiger partial charge is 0.145 e. The fourth-order valence-electron chi connectivity index (χ4n) is 5.24. The Hall–Kier alpha value is -4.47. The van der Waals surface area contributed by atoms with E-state index in [1.54, 1.807) is 0 Å². The highest BCUT2D eigenvalue weighted by Gasteiger charge is 2.19. The van der Waals surface area contributed by atoms with Crippen LogP contribution in [0.25, 0.3) is 61.8 Å². The molecule has 6 aromatic carbocycles. The van der Waals surface area contributed by atoms with Gasteiger partial charge in [0.15, 0.2) is 0 Å². The quantitative estimate of drug-likeness (QED) is 0.157. The molecule has 0 aliphatic rings. The monoisotopic (exact) mass is 550 g/mol. The van der Waals surface area contributed by atoms with Crippen molar-refractivity contribution in [1.82, 2.24) is 9.55 Å². The third kappa shape index (κ3) is 3.93. The van der Waals surface area contributed by atoms with Crippen LogP contribution in [0.5, 0.6) is 0 Å². The summed E-state index contributed by atoms with van der Waals surface area (Å²) in [5.41, 5.74) is 6.66. The maximum absolute atomic E-state index is 5.29. The van der Waals surface area contributed by atoms with E-state index >= 15 is 0 Å². The minimum absolute atomic E-state index is 0.945. The Bertz CT molecular complexity index is 1950. The lowest BCUT2D eigenvalue weighted by atomic mass is 10.00. The average molecular weight is 551 g/mol. The maximum atomic E-state index is 5.29. The molecule has 0 fully saturated rings. The van der Waals surface area contributed by atoms with Crippen molar-refractivity contribution in [3.63, 3.8) is 0 Å². The molecule has 0 aliphatic carbocycles. The van der Waals surface area contributed by atoms with Gasteiger partial charge < -0.3 is 0 Å². The number of imidazole rings is 1. The summed E-state index contributed by atoms with van der Waals surface area (Å²) in [6.07, 6.45) is 4.29. The second-order valence-corrected chi connectivity index (χ2v) is 10.3. The van der Waals surface area contributed by atoms with Crippen molar-refractivity contribution in [3.05, 3.63) is 143 Å². The molecule has 0 saturated heterocycles. The minimum Gasteiger partial charge on any atom is -0.292 e. The van der Waals surface area contributed by atoms with Crippen LogP contribution >= 0.6 is 15.9 Å². The number of fused-ring (bicyclic) bond motifs is 6. The maximum Gasteiger partial charge on any atom is 0.145 e. The highest BCUT2D eigenvalue weighted by molar-refractivity contribution is 9.10. The summed E-state index contributed by atoms with van der Waals surface area (Å²) in [4.78, 5) is 5.29.